The van der Waals surface area contributed by atoms with Crippen LogP contribution in [0.3, 0.4) is 0 Å². The normalized spacial score (nSPS) is 22.8. The van der Waals surface area contributed by atoms with Gasteiger partial charge in [0.15, 0.2) is 17.6 Å². The van der Waals surface area contributed by atoms with Crippen molar-refractivity contribution in [3.05, 3.63) is 100 Å². The van der Waals surface area contributed by atoms with E-state index in [1.54, 1.807) is 0 Å². The lowest BCUT2D eigenvalue weighted by Gasteiger charge is -2.40. The molecule has 0 N–H and O–H groups in total. The number of fused-ring (bicyclic) bond motifs is 3. The highest BCUT2D eigenvalue weighted by Crippen LogP contribution is 2.51. The number of rotatable bonds is 1. The van der Waals surface area contributed by atoms with E-state index < -0.39 is 0 Å². The number of anilines is 1. The smallest absolute Gasteiger partial charge is 0.223 e. The van der Waals surface area contributed by atoms with Crippen molar-refractivity contribution in [3.8, 4) is 11.4 Å². The minimum Gasteiger partial charge on any atom is -0.349 e. The molecule has 0 saturated heterocycles. The Labute approximate surface area is 266 Å². The topological polar surface area (TPSA) is 65.4 Å². The highest BCUT2D eigenvalue weighted by molar-refractivity contribution is 5.67. The zero-order valence-electron chi connectivity index (χ0n) is 27.9. The number of benzene rings is 1. The van der Waals surface area contributed by atoms with Gasteiger partial charge < -0.3 is 19.6 Å². The number of nitrogens with zero attached hydrogens (tertiary/aromatic N) is 10. The predicted octanol–water partition coefficient (Wildman–Crippen LogP) is 5.35. The second kappa shape index (κ2) is 10.8. The van der Waals surface area contributed by atoms with E-state index in [-0.39, 0.29) is 12.3 Å². The molecule has 7 rings (SSSR count). The van der Waals surface area contributed by atoms with Gasteiger partial charge in [-0.1, -0.05) is 42.1 Å². The largest absolute Gasteiger partial charge is 0.349 e. The fraction of sp³-hybridized carbons (Fsp3) is 0.429. The van der Waals surface area contributed by atoms with Crippen molar-refractivity contribution in [2.45, 2.75) is 66.2 Å². The third kappa shape index (κ3) is 4.21. The van der Waals surface area contributed by atoms with Crippen molar-refractivity contribution in [2.75, 3.05) is 18.0 Å². The van der Waals surface area contributed by atoms with Crippen molar-refractivity contribution in [2.24, 2.45) is 21.1 Å². The molecule has 1 aromatic carbocycles. The molecular formula is C35H45N10+. The summed E-state index contributed by atoms with van der Waals surface area (Å²) in [5.74, 6) is 0. The molecule has 10 nitrogen and oxygen atoms in total. The molecule has 10 heteroatoms. The standard InChI is InChI=1S/C35H45N10/c1-10-11-17-28-22(2)21-30-32(41(9)38-39(30)7)31-33(40(8)37-36-31)35-43-20-15-14-19-42-23(3)25(5)44(28)34(42)27-16-12-13-18-29(27)45(35)26(6)24(43)4/h10-13,16-18,34-35H,2,14-15,19-21H2,1,3-9H3/q+1/b11-10-,28-17?. The summed E-state index contributed by atoms with van der Waals surface area (Å²) < 4.78 is 5.90. The number of hydrogen-bond acceptors (Lipinski definition) is 7. The van der Waals surface area contributed by atoms with Crippen LogP contribution in [-0.2, 0) is 27.6 Å². The molecule has 2 unspecified atom stereocenters. The summed E-state index contributed by atoms with van der Waals surface area (Å²) in [5.41, 5.74) is 13.7. The van der Waals surface area contributed by atoms with Crippen LogP contribution in [0.5, 0.6) is 0 Å². The Hall–Kier alpha value is -4.60. The van der Waals surface area contributed by atoms with E-state index >= 15 is 0 Å². The van der Waals surface area contributed by atoms with Crippen LogP contribution in [0.4, 0.5) is 5.69 Å². The molecule has 45 heavy (non-hydrogen) atoms. The molecule has 4 aliphatic heterocycles. The SMILES string of the molecule is C=C1Cc2c([n+](C)nn2C)-c2nnn(C)c2C2N3CCCCN4C(C)=C(C)N(C1=C/C=C\C)C4c1ccccc1N2C(C)=C3C. The Bertz CT molecular complexity index is 1830. The summed E-state index contributed by atoms with van der Waals surface area (Å²) in [6.45, 7) is 17.8. The molecule has 2 atom stereocenters. The van der Waals surface area contributed by atoms with E-state index in [4.69, 9.17) is 16.9 Å². The van der Waals surface area contributed by atoms with Gasteiger partial charge in [-0.3, -0.25) is 0 Å². The number of aromatic nitrogens is 6. The van der Waals surface area contributed by atoms with Crippen LogP contribution in [0.15, 0.2) is 83.1 Å². The van der Waals surface area contributed by atoms with Crippen LogP contribution < -0.4 is 9.58 Å². The van der Waals surface area contributed by atoms with Crippen molar-refractivity contribution in [1.29, 1.82) is 0 Å². The monoisotopic (exact) mass is 605 g/mol. The van der Waals surface area contributed by atoms with Crippen LogP contribution in [0, 0.1) is 0 Å². The number of aryl methyl sites for hydroxylation is 3. The average Bonchev–Trinajstić information content (AvgIpc) is 3.66. The van der Waals surface area contributed by atoms with Crippen LogP contribution in [0.1, 0.15) is 76.7 Å². The maximum atomic E-state index is 4.87. The Kier molecular flexibility index (Phi) is 6.98. The molecule has 0 spiro atoms. The van der Waals surface area contributed by atoms with Gasteiger partial charge in [-0.2, -0.15) is 0 Å². The number of hydrogen-bond donors (Lipinski definition) is 0. The van der Waals surface area contributed by atoms with Crippen molar-refractivity contribution < 1.29 is 4.68 Å². The summed E-state index contributed by atoms with van der Waals surface area (Å²) in [7, 11) is 6.05. The van der Waals surface area contributed by atoms with Crippen LogP contribution in [-0.4, -0.2) is 52.7 Å². The summed E-state index contributed by atoms with van der Waals surface area (Å²) in [5, 5.41) is 14.4. The predicted molar refractivity (Wildman–Crippen MR) is 176 cm³/mol. The lowest BCUT2D eigenvalue weighted by molar-refractivity contribution is -0.722. The van der Waals surface area contributed by atoms with Gasteiger partial charge >= 0.3 is 0 Å². The molecule has 0 fully saturated rings. The van der Waals surface area contributed by atoms with E-state index in [1.807, 2.05) is 35.2 Å². The zero-order chi connectivity index (χ0) is 31.7. The molecule has 234 valence electrons. The second-order valence-electron chi connectivity index (χ2n) is 12.7. The van der Waals surface area contributed by atoms with E-state index in [0.29, 0.717) is 6.42 Å². The molecule has 0 saturated carbocycles. The van der Waals surface area contributed by atoms with Gasteiger partial charge in [0.1, 0.15) is 26.0 Å². The fourth-order valence-corrected chi connectivity index (χ4v) is 7.85. The summed E-state index contributed by atoms with van der Waals surface area (Å²) in [4.78, 5) is 10.3. The van der Waals surface area contributed by atoms with E-state index in [1.165, 1.54) is 34.0 Å². The third-order valence-corrected chi connectivity index (χ3v) is 10.3. The Balaban J connectivity index is 1.62. The second-order valence-corrected chi connectivity index (χ2v) is 12.7. The van der Waals surface area contributed by atoms with Gasteiger partial charge in [-0.15, -0.1) is 14.5 Å². The molecule has 4 bridgehead atoms. The van der Waals surface area contributed by atoms with E-state index in [0.717, 1.165) is 60.0 Å². The molecule has 3 aromatic rings. The molecule has 0 amide bonds. The average molecular weight is 606 g/mol. The highest BCUT2D eigenvalue weighted by atomic mass is 15.5. The first-order valence-corrected chi connectivity index (χ1v) is 16.0. The maximum absolute atomic E-state index is 4.87. The first kappa shape index (κ1) is 29.1. The molecule has 0 radical (unpaired) electrons. The van der Waals surface area contributed by atoms with Gasteiger partial charge in [-0.25, -0.2) is 4.68 Å². The summed E-state index contributed by atoms with van der Waals surface area (Å²) in [6, 6.07) is 8.98. The quantitative estimate of drug-likeness (QED) is 0.347. The van der Waals surface area contributed by atoms with E-state index in [2.05, 4.69) is 102 Å². The van der Waals surface area contributed by atoms with Crippen LogP contribution >= 0.6 is 0 Å². The lowest BCUT2D eigenvalue weighted by atomic mass is 10.0. The molecule has 6 heterocycles. The van der Waals surface area contributed by atoms with Crippen molar-refractivity contribution in [1.82, 2.24) is 39.6 Å². The van der Waals surface area contributed by atoms with Gasteiger partial charge in [0.25, 0.3) is 0 Å². The van der Waals surface area contributed by atoms with E-state index in [9.17, 15) is 0 Å². The van der Waals surface area contributed by atoms with Gasteiger partial charge in [0.05, 0.1) is 10.9 Å². The van der Waals surface area contributed by atoms with Crippen LogP contribution in [0.25, 0.3) is 11.4 Å². The highest BCUT2D eigenvalue weighted by Gasteiger charge is 2.46. The third-order valence-electron chi connectivity index (χ3n) is 10.3. The fourth-order valence-electron chi connectivity index (χ4n) is 7.85. The molecular weight excluding hydrogens is 560 g/mol. The van der Waals surface area contributed by atoms with Gasteiger partial charge in [0, 0.05) is 60.6 Å². The first-order chi connectivity index (χ1) is 21.6. The van der Waals surface area contributed by atoms with Crippen molar-refractivity contribution in [3.63, 3.8) is 0 Å². The summed E-state index contributed by atoms with van der Waals surface area (Å²) in [6.07, 6.45) is 9.08. The zero-order valence-corrected chi connectivity index (χ0v) is 27.9. The van der Waals surface area contributed by atoms with Gasteiger partial charge in [-0.05, 0) is 65.2 Å². The van der Waals surface area contributed by atoms with Gasteiger partial charge in [0.2, 0.25) is 5.69 Å². The van der Waals surface area contributed by atoms with Crippen molar-refractivity contribution >= 4 is 5.69 Å². The molecule has 2 aromatic heterocycles. The maximum Gasteiger partial charge on any atom is 0.223 e. The Morgan fingerprint density at radius 3 is 2.27 bits per heavy atom. The molecule has 0 aliphatic carbocycles. The Morgan fingerprint density at radius 2 is 1.56 bits per heavy atom. The Morgan fingerprint density at radius 1 is 0.889 bits per heavy atom. The minimum absolute atomic E-state index is 0.0256. The number of para-hydroxylation sites is 1. The summed E-state index contributed by atoms with van der Waals surface area (Å²) >= 11 is 0. The lowest BCUT2D eigenvalue weighted by Crippen LogP contribution is -2.37. The minimum atomic E-state index is -0.118. The number of allylic oxidation sites excluding steroid dienone is 8. The first-order valence-electron chi connectivity index (χ1n) is 16.0. The molecule has 4 aliphatic rings. The van der Waals surface area contributed by atoms with Crippen LogP contribution in [0.2, 0.25) is 0 Å².